The fourth-order valence-corrected chi connectivity index (χ4v) is 3.93. The number of benzene rings is 2. The molecule has 0 fully saturated rings. The number of imidazole rings is 1. The molecular weight excluding hydrogens is 496 g/mol. The summed E-state index contributed by atoms with van der Waals surface area (Å²) >= 11 is 6.19. The molecule has 0 saturated carbocycles. The smallest absolute Gasteiger partial charge is 0.333 e. The van der Waals surface area contributed by atoms with Crippen LogP contribution in [0.15, 0.2) is 58.3 Å². The molecule has 188 valence electrons. The van der Waals surface area contributed by atoms with Crippen LogP contribution >= 0.6 is 11.6 Å². The average Bonchev–Trinajstić information content (AvgIpc) is 3.11. The van der Waals surface area contributed by atoms with Gasteiger partial charge in [-0.15, -0.1) is 0 Å². The molecule has 2 N–H and O–H groups in total. The monoisotopic (exact) mass is 517 g/mol. The van der Waals surface area contributed by atoms with E-state index in [1.54, 1.807) is 18.2 Å². The SMILES string of the molecule is CC(C)(O)CC(=O)n1c(=O)[nH]c2ccc(Cn3ccc(OCc4ccc(F)cc4F)c(Cl)c3=O)cc21. The summed E-state index contributed by atoms with van der Waals surface area (Å²) in [6, 6.07) is 9.41. The zero-order valence-corrected chi connectivity index (χ0v) is 20.1. The Hall–Kier alpha value is -3.76. The van der Waals surface area contributed by atoms with Crippen LogP contribution in [0.3, 0.4) is 0 Å². The summed E-state index contributed by atoms with van der Waals surface area (Å²) in [5, 5.41) is 9.74. The van der Waals surface area contributed by atoms with Crippen molar-refractivity contribution in [3.05, 3.63) is 97.3 Å². The Bertz CT molecular complexity index is 1580. The molecule has 0 aliphatic rings. The predicted molar refractivity (Wildman–Crippen MR) is 130 cm³/mol. The first-order valence-electron chi connectivity index (χ1n) is 10.9. The van der Waals surface area contributed by atoms with Crippen LogP contribution in [0.5, 0.6) is 5.75 Å². The first kappa shape index (κ1) is 25.3. The van der Waals surface area contributed by atoms with E-state index in [1.807, 2.05) is 0 Å². The second-order valence-electron chi connectivity index (χ2n) is 8.95. The molecule has 0 spiro atoms. The van der Waals surface area contributed by atoms with Crippen molar-refractivity contribution in [1.29, 1.82) is 0 Å². The van der Waals surface area contributed by atoms with E-state index in [2.05, 4.69) is 4.98 Å². The highest BCUT2D eigenvalue weighted by Gasteiger charge is 2.22. The lowest BCUT2D eigenvalue weighted by Gasteiger charge is -2.15. The number of fused-ring (bicyclic) bond motifs is 1. The van der Waals surface area contributed by atoms with Crippen LogP contribution in [0.25, 0.3) is 11.0 Å². The summed E-state index contributed by atoms with van der Waals surface area (Å²) in [5.41, 5.74) is -1.06. The highest BCUT2D eigenvalue weighted by atomic mass is 35.5. The van der Waals surface area contributed by atoms with Crippen LogP contribution in [0.1, 0.15) is 36.2 Å². The van der Waals surface area contributed by atoms with Crippen molar-refractivity contribution in [3.63, 3.8) is 0 Å². The number of rotatable bonds is 7. The van der Waals surface area contributed by atoms with Gasteiger partial charge in [-0.25, -0.2) is 18.1 Å². The number of nitrogens with one attached hydrogen (secondary N) is 1. The van der Waals surface area contributed by atoms with Gasteiger partial charge >= 0.3 is 5.69 Å². The van der Waals surface area contributed by atoms with Crippen molar-refractivity contribution in [2.24, 2.45) is 0 Å². The minimum Gasteiger partial charge on any atom is -0.487 e. The largest absolute Gasteiger partial charge is 0.487 e. The summed E-state index contributed by atoms with van der Waals surface area (Å²) in [5.74, 6) is -2.03. The van der Waals surface area contributed by atoms with E-state index in [0.29, 0.717) is 16.6 Å². The van der Waals surface area contributed by atoms with Crippen LogP contribution in [0.4, 0.5) is 8.78 Å². The highest BCUT2D eigenvalue weighted by Crippen LogP contribution is 2.23. The number of hydrogen-bond acceptors (Lipinski definition) is 5. The molecule has 4 rings (SSSR count). The quantitative estimate of drug-likeness (QED) is 0.387. The van der Waals surface area contributed by atoms with E-state index in [9.17, 15) is 28.3 Å². The molecular formula is C25H22ClF2N3O5. The Morgan fingerprint density at radius 2 is 1.89 bits per heavy atom. The summed E-state index contributed by atoms with van der Waals surface area (Å²) in [6.07, 6.45) is 1.18. The topological polar surface area (TPSA) is 106 Å². The van der Waals surface area contributed by atoms with E-state index >= 15 is 0 Å². The fraction of sp³-hybridized carbons (Fsp3) is 0.240. The number of nitrogens with zero attached hydrogens (tertiary/aromatic N) is 2. The van der Waals surface area contributed by atoms with Crippen LogP contribution in [-0.4, -0.2) is 30.7 Å². The number of halogens is 3. The zero-order valence-electron chi connectivity index (χ0n) is 19.3. The number of aromatic nitrogens is 3. The van der Waals surface area contributed by atoms with Crippen molar-refractivity contribution < 1.29 is 23.4 Å². The molecule has 0 saturated heterocycles. The first-order valence-corrected chi connectivity index (χ1v) is 11.3. The molecule has 11 heteroatoms. The molecule has 2 heterocycles. The van der Waals surface area contributed by atoms with E-state index in [1.165, 1.54) is 36.7 Å². The van der Waals surface area contributed by atoms with Crippen molar-refractivity contribution in [3.8, 4) is 5.75 Å². The van der Waals surface area contributed by atoms with Crippen LogP contribution in [0, 0.1) is 11.6 Å². The molecule has 2 aromatic carbocycles. The summed E-state index contributed by atoms with van der Waals surface area (Å²) in [7, 11) is 0. The fourth-order valence-electron chi connectivity index (χ4n) is 3.70. The number of carbonyl (C=O) groups is 1. The number of ether oxygens (including phenoxy) is 1. The van der Waals surface area contributed by atoms with E-state index in [0.717, 1.165) is 16.7 Å². The van der Waals surface area contributed by atoms with Gasteiger partial charge < -0.3 is 19.4 Å². The summed E-state index contributed by atoms with van der Waals surface area (Å²) in [6.45, 7) is 2.75. The van der Waals surface area contributed by atoms with E-state index in [4.69, 9.17) is 16.3 Å². The molecule has 0 bridgehead atoms. The van der Waals surface area contributed by atoms with Gasteiger partial charge in [-0.05, 0) is 49.7 Å². The molecule has 2 aromatic heterocycles. The van der Waals surface area contributed by atoms with Crippen molar-refractivity contribution >= 4 is 28.5 Å². The van der Waals surface area contributed by atoms with E-state index < -0.39 is 34.4 Å². The Kier molecular flexibility index (Phi) is 6.83. The van der Waals surface area contributed by atoms with Gasteiger partial charge in [0.1, 0.15) is 29.0 Å². The number of pyridine rings is 1. The van der Waals surface area contributed by atoms with E-state index in [-0.39, 0.29) is 35.9 Å². The first-order chi connectivity index (χ1) is 16.9. The Morgan fingerprint density at radius 1 is 1.14 bits per heavy atom. The summed E-state index contributed by atoms with van der Waals surface area (Å²) < 4.78 is 34.6. The minimum atomic E-state index is -1.30. The molecule has 8 nitrogen and oxygen atoms in total. The maximum absolute atomic E-state index is 13.8. The van der Waals surface area contributed by atoms with Gasteiger partial charge in [-0.2, -0.15) is 0 Å². The number of aliphatic hydroxyl groups is 1. The van der Waals surface area contributed by atoms with Crippen LogP contribution < -0.4 is 16.0 Å². The third kappa shape index (κ3) is 5.39. The third-order valence-corrected chi connectivity index (χ3v) is 5.75. The Morgan fingerprint density at radius 3 is 2.58 bits per heavy atom. The Labute approximate surface area is 208 Å². The molecule has 0 amide bonds. The molecule has 0 atom stereocenters. The van der Waals surface area contributed by atoms with Gasteiger partial charge in [0.2, 0.25) is 5.91 Å². The number of carbonyl (C=O) groups excluding carboxylic acids is 1. The molecule has 0 radical (unpaired) electrons. The lowest BCUT2D eigenvalue weighted by atomic mass is 10.1. The lowest BCUT2D eigenvalue weighted by molar-refractivity contribution is 0.0531. The number of aromatic amines is 1. The third-order valence-electron chi connectivity index (χ3n) is 5.40. The van der Waals surface area contributed by atoms with Crippen molar-refractivity contribution in [2.75, 3.05) is 0 Å². The van der Waals surface area contributed by atoms with Gasteiger partial charge in [0.25, 0.3) is 5.56 Å². The van der Waals surface area contributed by atoms with Crippen molar-refractivity contribution in [2.45, 2.75) is 39.0 Å². The van der Waals surface area contributed by atoms with Crippen molar-refractivity contribution in [1.82, 2.24) is 14.1 Å². The predicted octanol–water partition coefficient (Wildman–Crippen LogP) is 3.85. The standard InChI is InChI=1S/C25H22ClF2N3O5/c1-25(2,35)11-21(32)31-19-9-14(3-6-18(19)29-24(31)34)12-30-8-7-20(22(26)23(30)33)36-13-15-4-5-16(27)10-17(15)28/h3-10,35H,11-13H2,1-2H3,(H,29,34). The average molecular weight is 518 g/mol. The van der Waals surface area contributed by atoms with Gasteiger partial charge in [-0.3, -0.25) is 9.59 Å². The van der Waals surface area contributed by atoms with Gasteiger partial charge in [0, 0.05) is 17.8 Å². The van der Waals surface area contributed by atoms with Gasteiger partial charge in [-0.1, -0.05) is 17.7 Å². The van der Waals surface area contributed by atoms with Crippen LogP contribution in [0.2, 0.25) is 5.02 Å². The second kappa shape index (κ2) is 9.71. The van der Waals surface area contributed by atoms with Gasteiger partial charge in [0.15, 0.2) is 0 Å². The maximum atomic E-state index is 13.8. The minimum absolute atomic E-state index is 0.0359. The van der Waals surface area contributed by atoms with Gasteiger partial charge in [0.05, 0.1) is 29.6 Å². The number of hydrogen-bond donors (Lipinski definition) is 2. The molecule has 36 heavy (non-hydrogen) atoms. The Balaban J connectivity index is 1.58. The zero-order chi connectivity index (χ0) is 26.2. The highest BCUT2D eigenvalue weighted by molar-refractivity contribution is 6.31. The number of H-pyrrole nitrogens is 1. The molecule has 0 aliphatic heterocycles. The molecule has 0 unspecified atom stereocenters. The van der Waals surface area contributed by atoms with Crippen LogP contribution in [-0.2, 0) is 13.2 Å². The lowest BCUT2D eigenvalue weighted by Crippen LogP contribution is -2.31. The maximum Gasteiger partial charge on any atom is 0.333 e. The molecule has 0 aliphatic carbocycles. The molecule has 4 aromatic rings. The second-order valence-corrected chi connectivity index (χ2v) is 9.33. The normalized spacial score (nSPS) is 11.7. The summed E-state index contributed by atoms with van der Waals surface area (Å²) in [4.78, 5) is 40.4.